The second-order valence-corrected chi connectivity index (χ2v) is 5.74. The molecule has 3 heteroatoms. The maximum Gasteiger partial charge on any atom is 0.253 e. The molecule has 1 aromatic carbocycles. The van der Waals surface area contributed by atoms with Crippen molar-refractivity contribution in [1.82, 2.24) is 4.90 Å². The SMILES string of the molecule is C=C(C)COc1ccc(C(=O)N2CCC(C)CC2)cc1. The van der Waals surface area contributed by atoms with Crippen molar-refractivity contribution in [2.75, 3.05) is 19.7 Å². The summed E-state index contributed by atoms with van der Waals surface area (Å²) >= 11 is 0. The summed E-state index contributed by atoms with van der Waals surface area (Å²) in [4.78, 5) is 14.3. The Morgan fingerprint density at radius 1 is 1.30 bits per heavy atom. The van der Waals surface area contributed by atoms with Crippen molar-refractivity contribution in [2.45, 2.75) is 26.7 Å². The molecule has 0 radical (unpaired) electrons. The maximum atomic E-state index is 12.4. The van der Waals surface area contributed by atoms with Crippen LogP contribution in [0.3, 0.4) is 0 Å². The second-order valence-electron chi connectivity index (χ2n) is 5.74. The van der Waals surface area contributed by atoms with E-state index in [2.05, 4.69) is 13.5 Å². The lowest BCUT2D eigenvalue weighted by Crippen LogP contribution is -2.37. The molecular formula is C17H23NO2. The molecule has 3 nitrogen and oxygen atoms in total. The molecule has 0 bridgehead atoms. The van der Waals surface area contributed by atoms with Crippen molar-refractivity contribution in [3.05, 3.63) is 42.0 Å². The van der Waals surface area contributed by atoms with Gasteiger partial charge in [-0.2, -0.15) is 0 Å². The van der Waals surface area contributed by atoms with Crippen LogP contribution in [0.2, 0.25) is 0 Å². The predicted molar refractivity (Wildman–Crippen MR) is 81.1 cm³/mol. The topological polar surface area (TPSA) is 29.5 Å². The quantitative estimate of drug-likeness (QED) is 0.786. The number of carbonyl (C=O) groups is 1. The first-order chi connectivity index (χ1) is 9.56. The Bertz CT molecular complexity index is 470. The first-order valence-electron chi connectivity index (χ1n) is 7.23. The van der Waals surface area contributed by atoms with Gasteiger partial charge in [0.05, 0.1) is 0 Å². The lowest BCUT2D eigenvalue weighted by atomic mass is 9.98. The van der Waals surface area contributed by atoms with Gasteiger partial charge in [-0.25, -0.2) is 0 Å². The highest BCUT2D eigenvalue weighted by Gasteiger charge is 2.21. The molecule has 1 amide bonds. The molecule has 1 aliphatic rings. The van der Waals surface area contributed by atoms with E-state index in [0.29, 0.717) is 6.61 Å². The summed E-state index contributed by atoms with van der Waals surface area (Å²) < 4.78 is 5.54. The molecule has 108 valence electrons. The summed E-state index contributed by atoms with van der Waals surface area (Å²) in [6.07, 6.45) is 2.21. The fraction of sp³-hybridized carbons (Fsp3) is 0.471. The zero-order chi connectivity index (χ0) is 14.5. The van der Waals surface area contributed by atoms with Gasteiger partial charge < -0.3 is 9.64 Å². The highest BCUT2D eigenvalue weighted by Crippen LogP contribution is 2.19. The molecular weight excluding hydrogens is 250 g/mol. The number of rotatable bonds is 4. The van der Waals surface area contributed by atoms with E-state index < -0.39 is 0 Å². The number of carbonyl (C=O) groups excluding carboxylic acids is 1. The summed E-state index contributed by atoms with van der Waals surface area (Å²) in [6.45, 7) is 10.2. The number of hydrogen-bond acceptors (Lipinski definition) is 2. The Kier molecular flexibility index (Phi) is 4.83. The summed E-state index contributed by atoms with van der Waals surface area (Å²) in [6, 6.07) is 7.38. The van der Waals surface area contributed by atoms with Gasteiger partial charge in [0.15, 0.2) is 0 Å². The van der Waals surface area contributed by atoms with E-state index >= 15 is 0 Å². The number of amides is 1. The van der Waals surface area contributed by atoms with E-state index in [1.807, 2.05) is 36.1 Å². The third-order valence-electron chi connectivity index (χ3n) is 3.66. The van der Waals surface area contributed by atoms with Crippen LogP contribution in [0, 0.1) is 5.92 Å². The monoisotopic (exact) mass is 273 g/mol. The average molecular weight is 273 g/mol. The minimum Gasteiger partial charge on any atom is -0.489 e. The van der Waals surface area contributed by atoms with Crippen LogP contribution in [0.1, 0.15) is 37.0 Å². The zero-order valence-electron chi connectivity index (χ0n) is 12.4. The molecule has 2 rings (SSSR count). The molecule has 1 aliphatic heterocycles. The first kappa shape index (κ1) is 14.6. The fourth-order valence-corrected chi connectivity index (χ4v) is 2.29. The minimum atomic E-state index is 0.128. The van der Waals surface area contributed by atoms with Crippen LogP contribution in [-0.2, 0) is 0 Å². The predicted octanol–water partition coefficient (Wildman–Crippen LogP) is 3.51. The zero-order valence-corrected chi connectivity index (χ0v) is 12.4. The lowest BCUT2D eigenvalue weighted by molar-refractivity contribution is 0.0697. The fourth-order valence-electron chi connectivity index (χ4n) is 2.29. The third-order valence-corrected chi connectivity index (χ3v) is 3.66. The van der Waals surface area contributed by atoms with Crippen molar-refractivity contribution >= 4 is 5.91 Å². The lowest BCUT2D eigenvalue weighted by Gasteiger charge is -2.30. The van der Waals surface area contributed by atoms with Crippen LogP contribution in [-0.4, -0.2) is 30.5 Å². The summed E-state index contributed by atoms with van der Waals surface area (Å²) in [5.74, 6) is 1.64. The summed E-state index contributed by atoms with van der Waals surface area (Å²) in [5.41, 5.74) is 1.72. The Labute approximate surface area is 121 Å². The second kappa shape index (κ2) is 6.60. The molecule has 0 aromatic heterocycles. The van der Waals surface area contributed by atoms with Gasteiger partial charge in [0.1, 0.15) is 12.4 Å². The van der Waals surface area contributed by atoms with Gasteiger partial charge in [-0.3, -0.25) is 4.79 Å². The van der Waals surface area contributed by atoms with Crippen molar-refractivity contribution in [2.24, 2.45) is 5.92 Å². The van der Waals surface area contributed by atoms with E-state index in [9.17, 15) is 4.79 Å². The summed E-state index contributed by atoms with van der Waals surface area (Å²) in [7, 11) is 0. The Hall–Kier alpha value is -1.77. The number of benzene rings is 1. The minimum absolute atomic E-state index is 0.128. The molecule has 20 heavy (non-hydrogen) atoms. The molecule has 0 saturated carbocycles. The average Bonchev–Trinajstić information content (AvgIpc) is 2.46. The van der Waals surface area contributed by atoms with Crippen LogP contribution >= 0.6 is 0 Å². The summed E-state index contributed by atoms with van der Waals surface area (Å²) in [5, 5.41) is 0. The van der Waals surface area contributed by atoms with Crippen LogP contribution in [0.5, 0.6) is 5.75 Å². The van der Waals surface area contributed by atoms with Crippen molar-refractivity contribution in [3.8, 4) is 5.75 Å². The number of ether oxygens (including phenoxy) is 1. The van der Waals surface area contributed by atoms with Gasteiger partial charge in [-0.1, -0.05) is 13.5 Å². The maximum absolute atomic E-state index is 12.4. The van der Waals surface area contributed by atoms with Crippen molar-refractivity contribution in [3.63, 3.8) is 0 Å². The van der Waals surface area contributed by atoms with Crippen LogP contribution < -0.4 is 4.74 Å². The molecule has 1 saturated heterocycles. The number of hydrogen-bond donors (Lipinski definition) is 0. The van der Waals surface area contributed by atoms with Gasteiger partial charge in [0.2, 0.25) is 0 Å². The Morgan fingerprint density at radius 2 is 1.90 bits per heavy atom. The molecule has 0 aliphatic carbocycles. The van der Waals surface area contributed by atoms with Crippen molar-refractivity contribution < 1.29 is 9.53 Å². The van der Waals surface area contributed by atoms with E-state index in [1.54, 1.807) is 0 Å². The normalized spacial score (nSPS) is 16.0. The van der Waals surface area contributed by atoms with Crippen LogP contribution in [0.25, 0.3) is 0 Å². The largest absolute Gasteiger partial charge is 0.489 e. The van der Waals surface area contributed by atoms with Crippen LogP contribution in [0.4, 0.5) is 0 Å². The highest BCUT2D eigenvalue weighted by molar-refractivity contribution is 5.94. The van der Waals surface area contributed by atoms with Crippen molar-refractivity contribution in [1.29, 1.82) is 0 Å². The molecule has 1 heterocycles. The van der Waals surface area contributed by atoms with Gasteiger partial charge in [0, 0.05) is 18.7 Å². The smallest absolute Gasteiger partial charge is 0.253 e. The first-order valence-corrected chi connectivity index (χ1v) is 7.23. The van der Waals surface area contributed by atoms with E-state index in [4.69, 9.17) is 4.74 Å². The Morgan fingerprint density at radius 3 is 2.45 bits per heavy atom. The standard InChI is InChI=1S/C17H23NO2/c1-13(2)12-20-16-6-4-15(5-7-16)17(19)18-10-8-14(3)9-11-18/h4-7,14H,1,8-12H2,2-3H3. The number of nitrogens with zero attached hydrogens (tertiary/aromatic N) is 1. The molecule has 0 N–H and O–H groups in total. The molecule has 0 atom stereocenters. The molecule has 1 fully saturated rings. The van der Waals surface area contributed by atoms with E-state index in [-0.39, 0.29) is 5.91 Å². The van der Waals surface area contributed by atoms with Gasteiger partial charge in [0.25, 0.3) is 5.91 Å². The Balaban J connectivity index is 1.95. The van der Waals surface area contributed by atoms with E-state index in [0.717, 1.165) is 48.7 Å². The van der Waals surface area contributed by atoms with E-state index in [1.165, 1.54) is 0 Å². The van der Waals surface area contributed by atoms with Crippen LogP contribution in [0.15, 0.2) is 36.4 Å². The number of piperidine rings is 1. The highest BCUT2D eigenvalue weighted by atomic mass is 16.5. The van der Waals surface area contributed by atoms with Gasteiger partial charge in [-0.15, -0.1) is 0 Å². The molecule has 1 aromatic rings. The molecule has 0 unspecified atom stereocenters. The van der Waals surface area contributed by atoms with Gasteiger partial charge >= 0.3 is 0 Å². The van der Waals surface area contributed by atoms with Gasteiger partial charge in [-0.05, 0) is 55.5 Å². The third kappa shape index (κ3) is 3.86. The number of likely N-dealkylation sites (tertiary alicyclic amines) is 1. The molecule has 0 spiro atoms.